The summed E-state index contributed by atoms with van der Waals surface area (Å²) in [6.45, 7) is 9.93. The van der Waals surface area contributed by atoms with Gasteiger partial charge >= 0.3 is 0 Å². The molecule has 0 spiro atoms. The van der Waals surface area contributed by atoms with Gasteiger partial charge in [-0.25, -0.2) is 0 Å². The van der Waals surface area contributed by atoms with Crippen molar-refractivity contribution in [3.8, 4) is 0 Å². The molecule has 0 heterocycles. The number of hydrogen-bond donors (Lipinski definition) is 2. The maximum atomic E-state index is 11.4. The minimum atomic E-state index is -0.519. The second-order valence-corrected chi connectivity index (χ2v) is 8.53. The van der Waals surface area contributed by atoms with E-state index in [9.17, 15) is 5.11 Å². The minimum Gasteiger partial charge on any atom is -0.389 e. The van der Waals surface area contributed by atoms with Gasteiger partial charge in [0.15, 0.2) is 0 Å². The summed E-state index contributed by atoms with van der Waals surface area (Å²) in [7, 11) is 0. The molecule has 0 saturated heterocycles. The van der Waals surface area contributed by atoms with E-state index in [4.69, 9.17) is 5.73 Å². The largest absolute Gasteiger partial charge is 0.389 e. The quantitative estimate of drug-likeness (QED) is 0.801. The summed E-state index contributed by atoms with van der Waals surface area (Å²) in [5.41, 5.74) is 6.06. The molecule has 0 amide bonds. The lowest BCUT2D eigenvalue weighted by Crippen LogP contribution is -2.57. The van der Waals surface area contributed by atoms with Crippen LogP contribution in [0.5, 0.6) is 0 Å². The summed E-state index contributed by atoms with van der Waals surface area (Å²) < 4.78 is 0. The van der Waals surface area contributed by atoms with Crippen molar-refractivity contribution in [1.82, 2.24) is 0 Å². The van der Waals surface area contributed by atoms with E-state index in [0.717, 1.165) is 25.7 Å². The van der Waals surface area contributed by atoms with Gasteiger partial charge in [-0.2, -0.15) is 0 Å². The molecule has 3 N–H and O–H groups in total. The number of aliphatic hydroxyl groups is 1. The van der Waals surface area contributed by atoms with Crippen LogP contribution in [0.25, 0.3) is 0 Å². The third-order valence-corrected chi connectivity index (χ3v) is 6.12. The monoisotopic (exact) mass is 267 g/mol. The highest BCUT2D eigenvalue weighted by Gasteiger charge is 2.53. The molecular formula is C17H33NO. The van der Waals surface area contributed by atoms with E-state index >= 15 is 0 Å². The second kappa shape index (κ2) is 5.04. The zero-order valence-electron chi connectivity index (χ0n) is 13.3. The summed E-state index contributed by atoms with van der Waals surface area (Å²) in [4.78, 5) is 0. The van der Waals surface area contributed by atoms with Crippen LogP contribution in [0.1, 0.15) is 72.6 Å². The summed E-state index contributed by atoms with van der Waals surface area (Å²) in [5.74, 6) is 1.26. The average Bonchev–Trinajstić information content (AvgIpc) is 2.27. The zero-order valence-corrected chi connectivity index (χ0v) is 13.3. The molecule has 19 heavy (non-hydrogen) atoms. The van der Waals surface area contributed by atoms with E-state index in [1.54, 1.807) is 0 Å². The fourth-order valence-electron chi connectivity index (χ4n) is 4.79. The van der Waals surface area contributed by atoms with Gasteiger partial charge in [0.1, 0.15) is 0 Å². The highest BCUT2D eigenvalue weighted by Crippen LogP contribution is 2.55. The topological polar surface area (TPSA) is 46.2 Å². The normalized spacial score (nSPS) is 42.0. The predicted octanol–water partition coefficient (Wildman–Crippen LogP) is 3.72. The Kier molecular flexibility index (Phi) is 4.06. The van der Waals surface area contributed by atoms with Crippen molar-refractivity contribution in [3.63, 3.8) is 0 Å². The standard InChI is InChI=1S/C17H33NO/c1-13-9-14(2)11-17(19,10-13)16(12-18)7-5-15(3,4)6-8-16/h13-14,19H,5-12,18H2,1-4H3. The molecule has 2 atom stereocenters. The van der Waals surface area contributed by atoms with Crippen LogP contribution < -0.4 is 5.73 Å². The molecule has 2 unspecified atom stereocenters. The molecule has 2 rings (SSSR count). The lowest BCUT2D eigenvalue weighted by Gasteiger charge is -2.55. The highest BCUT2D eigenvalue weighted by molar-refractivity contribution is 5.05. The highest BCUT2D eigenvalue weighted by atomic mass is 16.3. The van der Waals surface area contributed by atoms with Gasteiger partial charge in [0.2, 0.25) is 0 Å². The van der Waals surface area contributed by atoms with Crippen molar-refractivity contribution >= 4 is 0 Å². The van der Waals surface area contributed by atoms with Crippen LogP contribution in [-0.4, -0.2) is 17.3 Å². The molecule has 2 heteroatoms. The van der Waals surface area contributed by atoms with Gasteiger partial charge in [-0.05, 0) is 62.2 Å². The number of rotatable bonds is 2. The van der Waals surface area contributed by atoms with Gasteiger partial charge in [-0.1, -0.05) is 27.7 Å². The average molecular weight is 267 g/mol. The molecule has 0 bridgehead atoms. The van der Waals surface area contributed by atoms with Gasteiger partial charge < -0.3 is 10.8 Å². The fraction of sp³-hybridized carbons (Fsp3) is 1.00. The summed E-state index contributed by atoms with van der Waals surface area (Å²) in [6.07, 6.45) is 7.78. The zero-order chi connectivity index (χ0) is 14.3. The van der Waals surface area contributed by atoms with E-state index in [0.29, 0.717) is 23.8 Å². The van der Waals surface area contributed by atoms with Crippen molar-refractivity contribution in [2.45, 2.75) is 78.2 Å². The van der Waals surface area contributed by atoms with Gasteiger partial charge in [-0.3, -0.25) is 0 Å². The summed E-state index contributed by atoms with van der Waals surface area (Å²) >= 11 is 0. The van der Waals surface area contributed by atoms with Crippen LogP contribution in [0.2, 0.25) is 0 Å². The Morgan fingerprint density at radius 3 is 1.89 bits per heavy atom. The van der Waals surface area contributed by atoms with Crippen LogP contribution in [0.4, 0.5) is 0 Å². The van der Waals surface area contributed by atoms with Crippen molar-refractivity contribution in [2.75, 3.05) is 6.54 Å². The Morgan fingerprint density at radius 1 is 1.00 bits per heavy atom. The molecular weight excluding hydrogens is 234 g/mol. The molecule has 0 aromatic heterocycles. The maximum Gasteiger partial charge on any atom is 0.0720 e. The second-order valence-electron chi connectivity index (χ2n) is 8.53. The minimum absolute atomic E-state index is 0.0224. The molecule has 2 fully saturated rings. The summed E-state index contributed by atoms with van der Waals surface area (Å²) in [5, 5.41) is 11.4. The van der Waals surface area contributed by atoms with Gasteiger partial charge in [0, 0.05) is 12.0 Å². The predicted molar refractivity (Wildman–Crippen MR) is 80.9 cm³/mol. The molecule has 0 aromatic carbocycles. The first-order valence-electron chi connectivity index (χ1n) is 8.14. The SMILES string of the molecule is CC1CC(C)CC(O)(C2(CN)CCC(C)(C)CC2)C1. The third kappa shape index (κ3) is 2.85. The number of hydrogen-bond acceptors (Lipinski definition) is 2. The van der Waals surface area contributed by atoms with E-state index in [-0.39, 0.29) is 5.41 Å². The van der Waals surface area contributed by atoms with E-state index in [1.807, 2.05) is 0 Å². The smallest absolute Gasteiger partial charge is 0.0720 e. The first-order chi connectivity index (χ1) is 8.72. The van der Waals surface area contributed by atoms with Gasteiger partial charge in [-0.15, -0.1) is 0 Å². The maximum absolute atomic E-state index is 11.4. The van der Waals surface area contributed by atoms with Gasteiger partial charge in [0.25, 0.3) is 0 Å². The van der Waals surface area contributed by atoms with Crippen LogP contribution in [0.3, 0.4) is 0 Å². The van der Waals surface area contributed by atoms with E-state index in [2.05, 4.69) is 27.7 Å². The Balaban J connectivity index is 2.21. The molecule has 0 aliphatic heterocycles. The van der Waals surface area contributed by atoms with E-state index in [1.165, 1.54) is 19.3 Å². The Bertz CT molecular complexity index is 303. The Morgan fingerprint density at radius 2 is 1.47 bits per heavy atom. The van der Waals surface area contributed by atoms with Crippen molar-refractivity contribution in [1.29, 1.82) is 0 Å². The van der Waals surface area contributed by atoms with Crippen LogP contribution in [0.15, 0.2) is 0 Å². The molecule has 0 radical (unpaired) electrons. The van der Waals surface area contributed by atoms with Gasteiger partial charge in [0.05, 0.1) is 5.60 Å². The van der Waals surface area contributed by atoms with Crippen molar-refractivity contribution in [2.24, 2.45) is 28.4 Å². The molecule has 2 aliphatic carbocycles. The van der Waals surface area contributed by atoms with Crippen LogP contribution in [-0.2, 0) is 0 Å². The van der Waals surface area contributed by atoms with Crippen LogP contribution in [0, 0.1) is 22.7 Å². The van der Waals surface area contributed by atoms with Crippen molar-refractivity contribution in [3.05, 3.63) is 0 Å². The number of nitrogens with two attached hydrogens (primary N) is 1. The summed E-state index contributed by atoms with van der Waals surface area (Å²) in [6, 6.07) is 0. The Labute approximate surface area is 119 Å². The van der Waals surface area contributed by atoms with E-state index < -0.39 is 5.60 Å². The Hall–Kier alpha value is -0.0800. The molecule has 112 valence electrons. The first-order valence-corrected chi connectivity index (χ1v) is 8.14. The molecule has 2 nitrogen and oxygen atoms in total. The lowest BCUT2D eigenvalue weighted by molar-refractivity contribution is -0.150. The molecule has 0 aromatic rings. The third-order valence-electron chi connectivity index (χ3n) is 6.12. The molecule has 2 aliphatic rings. The lowest BCUT2D eigenvalue weighted by atomic mass is 9.53. The first kappa shape index (κ1) is 15.3. The van der Waals surface area contributed by atoms with Crippen LogP contribution >= 0.6 is 0 Å². The fourth-order valence-corrected chi connectivity index (χ4v) is 4.79. The molecule has 2 saturated carbocycles. The van der Waals surface area contributed by atoms with Crippen molar-refractivity contribution < 1.29 is 5.11 Å².